The Kier molecular flexibility index (Phi) is 9.51. The average Bonchev–Trinajstić information content (AvgIpc) is 3.11. The Morgan fingerprint density at radius 2 is 2.00 bits per heavy atom. The van der Waals surface area contributed by atoms with Gasteiger partial charge in [-0.3, -0.25) is 9.89 Å². The van der Waals surface area contributed by atoms with Crippen LogP contribution in [0.25, 0.3) is 0 Å². The van der Waals surface area contributed by atoms with Crippen LogP contribution in [0.15, 0.2) is 29.3 Å². The molecule has 1 unspecified atom stereocenters. The lowest BCUT2D eigenvalue weighted by Gasteiger charge is -2.39. The molecule has 0 spiro atoms. The first-order chi connectivity index (χ1) is 13.8. The van der Waals surface area contributed by atoms with Gasteiger partial charge in [0.2, 0.25) is 0 Å². The zero-order valence-corrected chi connectivity index (χ0v) is 20.1. The number of nitrogens with one attached hydrogen (secondary N) is 2. The van der Waals surface area contributed by atoms with Crippen molar-refractivity contribution in [3.63, 3.8) is 0 Å². The number of likely N-dealkylation sites (tertiary alicyclic amines) is 1. The highest BCUT2D eigenvalue weighted by molar-refractivity contribution is 14.0. The molecule has 1 aromatic rings. The number of halogens is 5. The molecule has 5 nitrogen and oxygen atoms in total. The predicted molar refractivity (Wildman–Crippen MR) is 124 cm³/mol. The largest absolute Gasteiger partial charge is 0.401 e. The van der Waals surface area contributed by atoms with E-state index in [0.29, 0.717) is 45.2 Å². The minimum absolute atomic E-state index is 0. The fourth-order valence-corrected chi connectivity index (χ4v) is 4.52. The number of benzene rings is 1. The van der Waals surface area contributed by atoms with Crippen LogP contribution < -0.4 is 10.6 Å². The highest BCUT2D eigenvalue weighted by Crippen LogP contribution is 2.38. The molecule has 2 aliphatic rings. The normalized spacial score (nSPS) is 22.4. The van der Waals surface area contributed by atoms with E-state index in [1.54, 1.807) is 7.05 Å². The summed E-state index contributed by atoms with van der Waals surface area (Å²) in [6.07, 6.45) is -1.84. The quantitative estimate of drug-likeness (QED) is 0.327. The molecule has 1 aromatic carbocycles. The zero-order chi connectivity index (χ0) is 20.9. The van der Waals surface area contributed by atoms with E-state index >= 15 is 0 Å². The van der Waals surface area contributed by atoms with E-state index < -0.39 is 12.7 Å². The van der Waals surface area contributed by atoms with Crippen molar-refractivity contribution >= 4 is 41.5 Å². The van der Waals surface area contributed by atoms with E-state index in [1.807, 2.05) is 18.2 Å². The van der Waals surface area contributed by atoms with Crippen LogP contribution in [0, 0.1) is 0 Å². The molecule has 0 aliphatic carbocycles. The summed E-state index contributed by atoms with van der Waals surface area (Å²) in [6, 6.07) is 7.79. The Morgan fingerprint density at radius 1 is 1.30 bits per heavy atom. The van der Waals surface area contributed by atoms with Gasteiger partial charge in [0, 0.05) is 56.4 Å². The molecule has 0 amide bonds. The summed E-state index contributed by atoms with van der Waals surface area (Å²) >= 11 is 6.49. The Hall–Kier alpha value is -0.780. The molecule has 0 radical (unpaired) electrons. The molecule has 2 N–H and O–H groups in total. The molecule has 0 bridgehead atoms. The Labute approximate surface area is 197 Å². The summed E-state index contributed by atoms with van der Waals surface area (Å²) in [7, 11) is 1.67. The molecular formula is C20H29ClF3IN4O. The SMILES string of the molecule is CN=C(NCC1(c2ccccc2Cl)CCOCC1)NC1CCN(CC(F)(F)F)C1.I. The van der Waals surface area contributed by atoms with E-state index in [0.717, 1.165) is 23.4 Å². The van der Waals surface area contributed by atoms with Gasteiger partial charge in [0.15, 0.2) is 5.96 Å². The maximum atomic E-state index is 12.6. The van der Waals surface area contributed by atoms with Crippen molar-refractivity contribution in [1.82, 2.24) is 15.5 Å². The number of alkyl halides is 3. The third kappa shape index (κ3) is 6.86. The number of aliphatic imine (C=N–C) groups is 1. The van der Waals surface area contributed by atoms with Crippen LogP contribution in [0.1, 0.15) is 24.8 Å². The first-order valence-corrected chi connectivity index (χ1v) is 10.3. The summed E-state index contributed by atoms with van der Waals surface area (Å²) in [4.78, 5) is 5.70. The van der Waals surface area contributed by atoms with Crippen molar-refractivity contribution in [1.29, 1.82) is 0 Å². The number of rotatable bonds is 5. The lowest BCUT2D eigenvalue weighted by Crippen LogP contribution is -2.50. The summed E-state index contributed by atoms with van der Waals surface area (Å²) in [5, 5.41) is 7.38. The monoisotopic (exact) mass is 560 g/mol. The maximum absolute atomic E-state index is 12.6. The lowest BCUT2D eigenvalue weighted by atomic mass is 9.74. The second kappa shape index (κ2) is 11.2. The van der Waals surface area contributed by atoms with Crippen molar-refractivity contribution in [2.45, 2.75) is 36.9 Å². The van der Waals surface area contributed by atoms with Crippen LogP contribution in [0.2, 0.25) is 5.02 Å². The molecule has 2 aliphatic heterocycles. The summed E-state index contributed by atoms with van der Waals surface area (Å²) in [6.45, 7) is 1.85. The lowest BCUT2D eigenvalue weighted by molar-refractivity contribution is -0.143. The van der Waals surface area contributed by atoms with Crippen LogP contribution >= 0.6 is 35.6 Å². The number of ether oxygens (including phenoxy) is 1. The molecular weight excluding hydrogens is 532 g/mol. The van der Waals surface area contributed by atoms with Gasteiger partial charge in [-0.2, -0.15) is 13.2 Å². The van der Waals surface area contributed by atoms with Crippen molar-refractivity contribution in [3.05, 3.63) is 34.9 Å². The van der Waals surface area contributed by atoms with E-state index in [4.69, 9.17) is 16.3 Å². The van der Waals surface area contributed by atoms with E-state index in [1.165, 1.54) is 4.90 Å². The number of hydrogen-bond donors (Lipinski definition) is 2. The fourth-order valence-electron chi connectivity index (χ4n) is 4.18. The second-order valence-electron chi connectivity index (χ2n) is 7.78. The zero-order valence-electron chi connectivity index (χ0n) is 17.0. The molecule has 3 rings (SSSR count). The van der Waals surface area contributed by atoms with E-state index in [9.17, 15) is 13.2 Å². The van der Waals surface area contributed by atoms with Crippen LogP contribution in [0.5, 0.6) is 0 Å². The molecule has 1 atom stereocenters. The van der Waals surface area contributed by atoms with Gasteiger partial charge in [-0.25, -0.2) is 0 Å². The van der Waals surface area contributed by atoms with Gasteiger partial charge in [-0.1, -0.05) is 29.8 Å². The minimum atomic E-state index is -4.17. The Balaban J connectivity index is 0.00000320. The fraction of sp³-hybridized carbons (Fsp3) is 0.650. The van der Waals surface area contributed by atoms with Crippen LogP contribution in [0.3, 0.4) is 0 Å². The Bertz CT molecular complexity index is 714. The van der Waals surface area contributed by atoms with Crippen LogP contribution in [-0.2, 0) is 10.2 Å². The van der Waals surface area contributed by atoms with Gasteiger partial charge < -0.3 is 15.4 Å². The smallest absolute Gasteiger partial charge is 0.381 e. The molecule has 30 heavy (non-hydrogen) atoms. The van der Waals surface area contributed by atoms with Gasteiger partial charge in [0.25, 0.3) is 0 Å². The molecule has 2 fully saturated rings. The van der Waals surface area contributed by atoms with E-state index in [2.05, 4.69) is 21.7 Å². The standard InChI is InChI=1S/C20H28ClF3N4O.HI/c1-25-18(27-15-6-9-28(12-15)14-20(22,23)24)26-13-19(7-10-29-11-8-19)16-4-2-3-5-17(16)21;/h2-5,15H,6-14H2,1H3,(H2,25,26,27);1H. The molecule has 10 heteroatoms. The highest BCUT2D eigenvalue weighted by atomic mass is 127. The number of guanidine groups is 1. The third-order valence-corrected chi connectivity index (χ3v) is 6.06. The van der Waals surface area contributed by atoms with Crippen molar-refractivity contribution < 1.29 is 17.9 Å². The number of nitrogens with zero attached hydrogens (tertiary/aromatic N) is 2. The predicted octanol–water partition coefficient (Wildman–Crippen LogP) is 3.81. The van der Waals surface area contributed by atoms with Crippen LogP contribution in [-0.4, -0.2) is 69.5 Å². The van der Waals surface area contributed by atoms with Crippen LogP contribution in [0.4, 0.5) is 13.2 Å². The molecule has 170 valence electrons. The molecule has 2 saturated heterocycles. The van der Waals surface area contributed by atoms with Gasteiger partial charge >= 0.3 is 6.18 Å². The molecule has 0 saturated carbocycles. The van der Waals surface area contributed by atoms with Crippen molar-refractivity contribution in [3.8, 4) is 0 Å². The van der Waals surface area contributed by atoms with Crippen molar-refractivity contribution in [2.75, 3.05) is 46.4 Å². The molecule has 0 aromatic heterocycles. The minimum Gasteiger partial charge on any atom is -0.381 e. The summed E-state index contributed by atoms with van der Waals surface area (Å²) in [5.74, 6) is 0.599. The molecule has 2 heterocycles. The average molecular weight is 561 g/mol. The maximum Gasteiger partial charge on any atom is 0.401 e. The van der Waals surface area contributed by atoms with E-state index in [-0.39, 0.29) is 35.4 Å². The first-order valence-electron chi connectivity index (χ1n) is 9.90. The van der Waals surface area contributed by atoms with Crippen molar-refractivity contribution in [2.24, 2.45) is 4.99 Å². The van der Waals surface area contributed by atoms with Gasteiger partial charge in [-0.05, 0) is 30.9 Å². The first kappa shape index (κ1) is 25.5. The van der Waals surface area contributed by atoms with Gasteiger partial charge in [0.05, 0.1) is 6.54 Å². The summed E-state index contributed by atoms with van der Waals surface area (Å²) < 4.78 is 43.4. The summed E-state index contributed by atoms with van der Waals surface area (Å²) in [5.41, 5.74) is 0.914. The second-order valence-corrected chi connectivity index (χ2v) is 8.19. The van der Waals surface area contributed by atoms with Gasteiger partial charge in [0.1, 0.15) is 0 Å². The highest BCUT2D eigenvalue weighted by Gasteiger charge is 2.37. The topological polar surface area (TPSA) is 48.9 Å². The number of hydrogen-bond acceptors (Lipinski definition) is 3. The Morgan fingerprint density at radius 3 is 2.63 bits per heavy atom. The van der Waals surface area contributed by atoms with Gasteiger partial charge in [-0.15, -0.1) is 24.0 Å². The third-order valence-electron chi connectivity index (χ3n) is 5.73.